The van der Waals surface area contributed by atoms with Crippen LogP contribution < -0.4 is 0 Å². The van der Waals surface area contributed by atoms with E-state index < -0.39 is 14.4 Å². The molecule has 1 aromatic rings. The number of rotatable bonds is 6. The average molecular weight is 349 g/mol. The number of aliphatic hydroxyl groups excluding tert-OH is 1. The zero-order valence-electron chi connectivity index (χ0n) is 15.7. The fourth-order valence-electron chi connectivity index (χ4n) is 2.84. The number of ether oxygens (including phenoxy) is 1. The fraction of sp³-hybridized carbons (Fsp3) is 0.600. The summed E-state index contributed by atoms with van der Waals surface area (Å²) in [5.74, 6) is 0.0283. The maximum atomic E-state index is 10.7. The predicted octanol–water partition coefficient (Wildman–Crippen LogP) is 4.53. The van der Waals surface area contributed by atoms with E-state index in [2.05, 4.69) is 52.6 Å². The number of aliphatic hydroxyl groups is 1. The largest absolute Gasteiger partial charge is 0.409 e. The van der Waals surface area contributed by atoms with Gasteiger partial charge in [0.05, 0.1) is 24.9 Å². The van der Waals surface area contributed by atoms with Crippen molar-refractivity contribution in [2.24, 2.45) is 5.92 Å². The molecule has 0 spiro atoms. The Hall–Kier alpha value is -0.943. The van der Waals surface area contributed by atoms with Crippen molar-refractivity contribution in [2.45, 2.75) is 70.2 Å². The molecule has 1 fully saturated rings. The van der Waals surface area contributed by atoms with E-state index in [9.17, 15) is 5.11 Å². The van der Waals surface area contributed by atoms with Crippen LogP contribution in [-0.4, -0.2) is 31.7 Å². The highest BCUT2D eigenvalue weighted by Gasteiger charge is 2.48. The van der Waals surface area contributed by atoms with Gasteiger partial charge < -0.3 is 14.3 Å². The van der Waals surface area contributed by atoms with E-state index in [1.54, 1.807) is 0 Å². The lowest BCUT2D eigenvalue weighted by molar-refractivity contribution is -0.0549. The Balaban J connectivity index is 2.10. The fourth-order valence-corrected chi connectivity index (χ4v) is 4.17. The summed E-state index contributed by atoms with van der Waals surface area (Å²) in [6, 6.07) is 10.1. The monoisotopic (exact) mass is 348 g/mol. The maximum absolute atomic E-state index is 10.7. The molecule has 3 nitrogen and oxygen atoms in total. The van der Waals surface area contributed by atoms with E-state index in [4.69, 9.17) is 9.16 Å². The topological polar surface area (TPSA) is 38.7 Å². The van der Waals surface area contributed by atoms with Gasteiger partial charge in [-0.25, -0.2) is 0 Å². The summed E-state index contributed by atoms with van der Waals surface area (Å²) in [5, 5.41) is 10.8. The minimum absolute atomic E-state index is 0.0283. The van der Waals surface area contributed by atoms with Crippen molar-refractivity contribution in [3.8, 4) is 0 Å². The third-order valence-corrected chi connectivity index (χ3v) is 9.97. The summed E-state index contributed by atoms with van der Waals surface area (Å²) in [5.41, 5.74) is 1.14. The SMILES string of the molecule is C=C[C@@H]1C[C@H](OCc2ccccc2)[C@H](O[Si](C)(C)C(C)(C)C)[C@@H]1O. The van der Waals surface area contributed by atoms with Crippen LogP contribution in [-0.2, 0) is 15.8 Å². The Bertz CT molecular complexity index is 536. The van der Waals surface area contributed by atoms with Crippen molar-refractivity contribution >= 4 is 8.32 Å². The molecule has 2 rings (SSSR count). The van der Waals surface area contributed by atoms with Crippen LogP contribution in [0.2, 0.25) is 18.1 Å². The van der Waals surface area contributed by atoms with E-state index in [0.29, 0.717) is 6.61 Å². The summed E-state index contributed by atoms with van der Waals surface area (Å²) >= 11 is 0. The molecule has 0 unspecified atom stereocenters. The first-order chi connectivity index (χ1) is 11.2. The molecule has 1 aliphatic carbocycles. The number of hydrogen-bond acceptors (Lipinski definition) is 3. The quantitative estimate of drug-likeness (QED) is 0.606. The van der Waals surface area contributed by atoms with Gasteiger partial charge in [0.2, 0.25) is 0 Å². The Labute approximate surface area is 147 Å². The highest BCUT2D eigenvalue weighted by molar-refractivity contribution is 6.74. The first-order valence-electron chi connectivity index (χ1n) is 8.79. The molecule has 4 atom stereocenters. The van der Waals surface area contributed by atoms with Crippen LogP contribution >= 0.6 is 0 Å². The zero-order chi connectivity index (χ0) is 18.0. The van der Waals surface area contributed by atoms with Gasteiger partial charge in [0.25, 0.3) is 0 Å². The standard InChI is InChI=1S/C20H32O3Si/c1-7-16-13-17(22-14-15-11-9-8-10-12-15)19(18(16)21)23-24(5,6)20(2,3)4/h7-12,16-19,21H,1,13-14H2,2-6H3/t16-,17+,18-,19+/m1/s1. The van der Waals surface area contributed by atoms with Gasteiger partial charge in [0.1, 0.15) is 0 Å². The summed E-state index contributed by atoms with van der Waals surface area (Å²) < 4.78 is 12.7. The van der Waals surface area contributed by atoms with Gasteiger partial charge in [-0.2, -0.15) is 0 Å². The average Bonchev–Trinajstić information content (AvgIpc) is 2.81. The van der Waals surface area contributed by atoms with Gasteiger partial charge in [-0.05, 0) is 30.1 Å². The normalized spacial score (nSPS) is 28.1. The molecular weight excluding hydrogens is 316 g/mol. The molecule has 134 valence electrons. The molecule has 0 bridgehead atoms. The minimum atomic E-state index is -1.98. The van der Waals surface area contributed by atoms with Gasteiger partial charge in [-0.15, -0.1) is 6.58 Å². The lowest BCUT2D eigenvalue weighted by atomic mass is 10.1. The summed E-state index contributed by atoms with van der Waals surface area (Å²) in [4.78, 5) is 0. The minimum Gasteiger partial charge on any atom is -0.409 e. The first-order valence-corrected chi connectivity index (χ1v) is 11.7. The lowest BCUT2D eigenvalue weighted by Crippen LogP contribution is -2.49. The molecule has 0 amide bonds. The molecule has 1 saturated carbocycles. The Kier molecular flexibility index (Phi) is 6.08. The number of hydrogen-bond donors (Lipinski definition) is 1. The van der Waals surface area contributed by atoms with Crippen LogP contribution in [0.3, 0.4) is 0 Å². The molecule has 0 radical (unpaired) electrons. The molecule has 0 heterocycles. The van der Waals surface area contributed by atoms with Crippen LogP contribution in [0.25, 0.3) is 0 Å². The highest BCUT2D eigenvalue weighted by atomic mass is 28.4. The van der Waals surface area contributed by atoms with E-state index >= 15 is 0 Å². The summed E-state index contributed by atoms with van der Waals surface area (Å²) in [7, 11) is -1.98. The Morgan fingerprint density at radius 1 is 1.25 bits per heavy atom. The van der Waals surface area contributed by atoms with Crippen molar-refractivity contribution in [2.75, 3.05) is 0 Å². The van der Waals surface area contributed by atoms with Crippen LogP contribution in [0, 0.1) is 5.92 Å². The van der Waals surface area contributed by atoms with E-state index in [1.807, 2.05) is 24.3 Å². The van der Waals surface area contributed by atoms with E-state index in [0.717, 1.165) is 12.0 Å². The van der Waals surface area contributed by atoms with Crippen molar-refractivity contribution in [3.63, 3.8) is 0 Å². The second-order valence-corrected chi connectivity index (χ2v) is 13.1. The maximum Gasteiger partial charge on any atom is 0.192 e. The van der Waals surface area contributed by atoms with Gasteiger partial charge in [0.15, 0.2) is 8.32 Å². The van der Waals surface area contributed by atoms with Gasteiger partial charge in [0, 0.05) is 5.92 Å². The Morgan fingerprint density at radius 3 is 2.42 bits per heavy atom. The summed E-state index contributed by atoms with van der Waals surface area (Å²) in [6.45, 7) is 15.5. The van der Waals surface area contributed by atoms with Gasteiger partial charge >= 0.3 is 0 Å². The molecule has 0 aliphatic heterocycles. The number of benzene rings is 1. The molecule has 0 saturated heterocycles. The molecule has 24 heavy (non-hydrogen) atoms. The molecule has 1 aliphatic rings. The first kappa shape index (κ1) is 19.4. The Morgan fingerprint density at radius 2 is 1.88 bits per heavy atom. The smallest absolute Gasteiger partial charge is 0.192 e. The van der Waals surface area contributed by atoms with E-state index in [-0.39, 0.29) is 23.2 Å². The molecule has 1 aromatic carbocycles. The molecule has 4 heteroatoms. The molecule has 0 aromatic heterocycles. The second kappa shape index (κ2) is 7.52. The van der Waals surface area contributed by atoms with Crippen molar-refractivity contribution in [1.29, 1.82) is 0 Å². The second-order valence-electron chi connectivity index (χ2n) is 8.30. The molecular formula is C20H32O3Si. The van der Waals surface area contributed by atoms with Gasteiger partial charge in [-0.3, -0.25) is 0 Å². The van der Waals surface area contributed by atoms with Crippen LogP contribution in [0.1, 0.15) is 32.8 Å². The van der Waals surface area contributed by atoms with Gasteiger partial charge in [-0.1, -0.05) is 57.2 Å². The van der Waals surface area contributed by atoms with Crippen LogP contribution in [0.15, 0.2) is 43.0 Å². The zero-order valence-corrected chi connectivity index (χ0v) is 16.7. The third-order valence-electron chi connectivity index (χ3n) is 5.49. The van der Waals surface area contributed by atoms with Crippen molar-refractivity contribution < 1.29 is 14.3 Å². The van der Waals surface area contributed by atoms with Crippen LogP contribution in [0.5, 0.6) is 0 Å². The molecule has 1 N–H and O–H groups in total. The predicted molar refractivity (Wildman–Crippen MR) is 101 cm³/mol. The van der Waals surface area contributed by atoms with Crippen molar-refractivity contribution in [3.05, 3.63) is 48.6 Å². The summed E-state index contributed by atoms with van der Waals surface area (Å²) in [6.07, 6.45) is 1.67. The third kappa shape index (κ3) is 4.36. The lowest BCUT2D eigenvalue weighted by Gasteiger charge is -2.40. The van der Waals surface area contributed by atoms with Crippen molar-refractivity contribution in [1.82, 2.24) is 0 Å². The van der Waals surface area contributed by atoms with Crippen LogP contribution in [0.4, 0.5) is 0 Å². The highest BCUT2D eigenvalue weighted by Crippen LogP contribution is 2.41. The van der Waals surface area contributed by atoms with E-state index in [1.165, 1.54) is 0 Å².